The Morgan fingerprint density at radius 1 is 1.52 bits per heavy atom. The molecule has 2 rings (SSSR count). The van der Waals surface area contributed by atoms with E-state index >= 15 is 0 Å². The first-order valence-corrected chi connectivity index (χ1v) is 6.35. The van der Waals surface area contributed by atoms with E-state index in [4.69, 9.17) is 14.6 Å². The predicted octanol–water partition coefficient (Wildman–Crippen LogP) is 1.10. The van der Waals surface area contributed by atoms with Crippen LogP contribution in [0, 0.1) is 0 Å². The van der Waals surface area contributed by atoms with Gasteiger partial charge in [-0.25, -0.2) is 0 Å². The zero-order chi connectivity index (χ0) is 15.6. The fourth-order valence-corrected chi connectivity index (χ4v) is 2.15. The molecule has 1 heterocycles. The number of amides is 1. The van der Waals surface area contributed by atoms with Crippen molar-refractivity contribution in [3.05, 3.63) is 17.7 Å². The summed E-state index contributed by atoms with van der Waals surface area (Å²) in [5, 5.41) is 8.80. The van der Waals surface area contributed by atoms with Gasteiger partial charge in [-0.2, -0.15) is 0 Å². The highest BCUT2D eigenvalue weighted by Gasteiger charge is 2.34. The number of hydrogen-bond donors (Lipinski definition) is 1. The number of rotatable bonds is 5. The van der Waals surface area contributed by atoms with E-state index in [9.17, 15) is 14.4 Å². The number of carbonyl (C=O) groups excluding carboxylic acids is 2. The van der Waals surface area contributed by atoms with E-state index in [0.717, 1.165) is 0 Å². The van der Waals surface area contributed by atoms with E-state index in [1.165, 1.54) is 24.1 Å². The molecule has 0 saturated carbocycles. The molecule has 0 fully saturated rings. The average molecular weight is 293 g/mol. The van der Waals surface area contributed by atoms with Crippen molar-refractivity contribution in [3.63, 3.8) is 0 Å². The smallest absolute Gasteiger partial charge is 0.305 e. The largest absolute Gasteiger partial charge is 0.493 e. The van der Waals surface area contributed by atoms with E-state index in [1.807, 2.05) is 0 Å². The third kappa shape index (κ3) is 2.81. The number of aldehydes is 1. The Hall–Kier alpha value is -2.57. The highest BCUT2D eigenvalue weighted by Crippen LogP contribution is 2.42. The van der Waals surface area contributed by atoms with Gasteiger partial charge >= 0.3 is 5.97 Å². The van der Waals surface area contributed by atoms with Crippen molar-refractivity contribution in [3.8, 4) is 11.5 Å². The summed E-state index contributed by atoms with van der Waals surface area (Å²) < 4.78 is 10.7. The van der Waals surface area contributed by atoms with Crippen LogP contribution in [0.15, 0.2) is 12.1 Å². The molecule has 0 saturated heterocycles. The molecule has 0 spiro atoms. The van der Waals surface area contributed by atoms with Crippen LogP contribution in [-0.4, -0.2) is 43.0 Å². The number of carbonyl (C=O) groups is 3. The predicted molar refractivity (Wildman–Crippen MR) is 73.1 cm³/mol. The summed E-state index contributed by atoms with van der Waals surface area (Å²) in [6.07, 6.45) is -0.325. The number of methoxy groups -OCH3 is 1. The van der Waals surface area contributed by atoms with Crippen molar-refractivity contribution in [2.75, 3.05) is 18.6 Å². The normalized spacial score (nSPS) is 17.0. The second-order valence-electron chi connectivity index (χ2n) is 4.58. The third-order valence-corrected chi connectivity index (χ3v) is 3.16. The highest BCUT2D eigenvalue weighted by atomic mass is 16.5. The first kappa shape index (κ1) is 14.8. The summed E-state index contributed by atoms with van der Waals surface area (Å²) in [5.74, 6) is -0.703. The molecule has 112 valence electrons. The van der Waals surface area contributed by atoms with Gasteiger partial charge in [-0.05, 0) is 19.1 Å². The lowest BCUT2D eigenvalue weighted by molar-refractivity contribution is -0.136. The molecular formula is C14H15NO6. The minimum atomic E-state index is -1.01. The van der Waals surface area contributed by atoms with Gasteiger partial charge in [0.25, 0.3) is 5.91 Å². The van der Waals surface area contributed by atoms with Gasteiger partial charge < -0.3 is 19.5 Å². The van der Waals surface area contributed by atoms with Crippen molar-refractivity contribution in [1.82, 2.24) is 0 Å². The summed E-state index contributed by atoms with van der Waals surface area (Å²) in [7, 11) is 1.43. The molecule has 1 aliphatic rings. The number of fused-ring (bicyclic) bond motifs is 1. The lowest BCUT2D eigenvalue weighted by Gasteiger charge is -2.33. The van der Waals surface area contributed by atoms with Crippen LogP contribution in [0.2, 0.25) is 0 Å². The lowest BCUT2D eigenvalue weighted by atomic mass is 10.1. The van der Waals surface area contributed by atoms with Gasteiger partial charge in [-0.15, -0.1) is 0 Å². The number of benzene rings is 1. The van der Waals surface area contributed by atoms with Gasteiger partial charge in [0.15, 0.2) is 17.6 Å². The molecule has 7 heteroatoms. The molecule has 1 amide bonds. The van der Waals surface area contributed by atoms with Gasteiger partial charge in [0.1, 0.15) is 6.29 Å². The summed E-state index contributed by atoms with van der Waals surface area (Å²) >= 11 is 0. The van der Waals surface area contributed by atoms with Gasteiger partial charge in [0, 0.05) is 12.1 Å². The second-order valence-corrected chi connectivity index (χ2v) is 4.58. The zero-order valence-corrected chi connectivity index (χ0v) is 11.7. The third-order valence-electron chi connectivity index (χ3n) is 3.16. The second kappa shape index (κ2) is 5.82. The number of ether oxygens (including phenoxy) is 2. The summed E-state index contributed by atoms with van der Waals surface area (Å²) in [4.78, 5) is 35.2. The summed E-state index contributed by atoms with van der Waals surface area (Å²) in [6, 6.07) is 2.99. The maximum Gasteiger partial charge on any atom is 0.305 e. The van der Waals surface area contributed by atoms with Crippen LogP contribution < -0.4 is 14.4 Å². The quantitative estimate of drug-likeness (QED) is 0.817. The molecule has 1 aromatic carbocycles. The monoisotopic (exact) mass is 293 g/mol. The first-order valence-electron chi connectivity index (χ1n) is 6.35. The van der Waals surface area contributed by atoms with Crippen LogP contribution in [0.25, 0.3) is 0 Å². The molecule has 7 nitrogen and oxygen atoms in total. The Labute approximate surface area is 121 Å². The van der Waals surface area contributed by atoms with Crippen molar-refractivity contribution < 1.29 is 29.0 Å². The number of hydrogen-bond acceptors (Lipinski definition) is 5. The Kier molecular flexibility index (Phi) is 4.11. The van der Waals surface area contributed by atoms with Crippen LogP contribution >= 0.6 is 0 Å². The minimum absolute atomic E-state index is 0.000329. The van der Waals surface area contributed by atoms with E-state index in [-0.39, 0.29) is 18.9 Å². The number of aliphatic carboxylic acids is 1. The SMILES string of the molecule is COc1cc(C=O)cc2c1OC(C)C(=O)N2CCC(=O)O. The van der Waals surface area contributed by atoms with Crippen LogP contribution in [-0.2, 0) is 9.59 Å². The van der Waals surface area contributed by atoms with Crippen molar-refractivity contribution in [1.29, 1.82) is 0 Å². The van der Waals surface area contributed by atoms with E-state index in [0.29, 0.717) is 29.0 Å². The molecule has 21 heavy (non-hydrogen) atoms. The van der Waals surface area contributed by atoms with Crippen molar-refractivity contribution >= 4 is 23.9 Å². The number of carboxylic acids is 1. The van der Waals surface area contributed by atoms with Gasteiger partial charge in [0.2, 0.25) is 0 Å². The molecule has 0 aliphatic carbocycles. The lowest BCUT2D eigenvalue weighted by Crippen LogP contribution is -2.45. The maximum atomic E-state index is 12.2. The van der Waals surface area contributed by atoms with E-state index in [2.05, 4.69) is 0 Å². The Morgan fingerprint density at radius 2 is 2.24 bits per heavy atom. The number of carboxylic acid groups (broad SMARTS) is 1. The van der Waals surface area contributed by atoms with E-state index in [1.54, 1.807) is 6.92 Å². The van der Waals surface area contributed by atoms with E-state index < -0.39 is 12.1 Å². The Balaban J connectivity index is 2.50. The molecule has 1 N–H and O–H groups in total. The molecular weight excluding hydrogens is 278 g/mol. The van der Waals surface area contributed by atoms with Gasteiger partial charge in [-0.3, -0.25) is 14.4 Å². The van der Waals surface area contributed by atoms with Crippen LogP contribution in [0.1, 0.15) is 23.7 Å². The summed E-state index contributed by atoms with van der Waals surface area (Å²) in [6.45, 7) is 1.58. The number of nitrogens with zero attached hydrogens (tertiary/aromatic N) is 1. The Bertz CT molecular complexity index is 597. The molecule has 1 atom stereocenters. The molecule has 1 aliphatic heterocycles. The molecule has 0 radical (unpaired) electrons. The summed E-state index contributed by atoms with van der Waals surface area (Å²) in [5.41, 5.74) is 0.665. The average Bonchev–Trinajstić information content (AvgIpc) is 2.46. The van der Waals surface area contributed by atoms with Crippen LogP contribution in [0.4, 0.5) is 5.69 Å². The first-order chi connectivity index (χ1) is 9.97. The Morgan fingerprint density at radius 3 is 2.81 bits per heavy atom. The number of anilines is 1. The zero-order valence-electron chi connectivity index (χ0n) is 11.7. The van der Waals surface area contributed by atoms with Gasteiger partial charge in [-0.1, -0.05) is 0 Å². The maximum absolute atomic E-state index is 12.2. The van der Waals surface area contributed by atoms with Crippen LogP contribution in [0.3, 0.4) is 0 Å². The fraction of sp³-hybridized carbons (Fsp3) is 0.357. The fourth-order valence-electron chi connectivity index (χ4n) is 2.15. The van der Waals surface area contributed by atoms with Crippen molar-refractivity contribution in [2.45, 2.75) is 19.4 Å². The molecule has 1 aromatic rings. The van der Waals surface area contributed by atoms with Gasteiger partial charge in [0.05, 0.1) is 19.2 Å². The molecule has 0 aromatic heterocycles. The molecule has 0 bridgehead atoms. The topological polar surface area (TPSA) is 93.1 Å². The van der Waals surface area contributed by atoms with Crippen LogP contribution in [0.5, 0.6) is 11.5 Å². The van der Waals surface area contributed by atoms with Crippen molar-refractivity contribution in [2.24, 2.45) is 0 Å². The highest BCUT2D eigenvalue weighted by molar-refractivity contribution is 6.01. The molecule has 1 unspecified atom stereocenters. The standard InChI is InChI=1S/C14H15NO6/c1-8-14(19)15(4-3-12(17)18)10-5-9(7-16)6-11(20-2)13(10)21-8/h5-8H,3-4H2,1-2H3,(H,17,18). The minimum Gasteiger partial charge on any atom is -0.493 e.